The molecule has 1 aliphatic rings. The van der Waals surface area contributed by atoms with Gasteiger partial charge in [0.15, 0.2) is 5.69 Å². The standard InChI is InChI=1S/C13H11ClN2O2/c1-16-12-8(11(15-16)13(17)18)6-5-7-3-2-4-9(14)10(7)12/h2-4H,5-6H2,1H3,(H,17,18). The average molecular weight is 263 g/mol. The molecule has 0 saturated carbocycles. The van der Waals surface area contributed by atoms with Crippen molar-refractivity contribution >= 4 is 17.6 Å². The SMILES string of the molecule is Cn1nc(C(=O)O)c2c1-c1c(Cl)cccc1CC2. The second-order valence-corrected chi connectivity index (χ2v) is 4.79. The van der Waals surface area contributed by atoms with E-state index < -0.39 is 5.97 Å². The smallest absolute Gasteiger partial charge is 0.356 e. The van der Waals surface area contributed by atoms with Crippen molar-refractivity contribution in [3.63, 3.8) is 0 Å². The van der Waals surface area contributed by atoms with E-state index in [2.05, 4.69) is 5.10 Å². The molecule has 1 aliphatic carbocycles. The Labute approximate surface area is 109 Å². The number of carboxylic acid groups (broad SMARTS) is 1. The number of aryl methyl sites for hydroxylation is 2. The molecule has 0 amide bonds. The minimum Gasteiger partial charge on any atom is -0.476 e. The maximum Gasteiger partial charge on any atom is 0.356 e. The van der Waals surface area contributed by atoms with Gasteiger partial charge in [-0.3, -0.25) is 4.68 Å². The van der Waals surface area contributed by atoms with Crippen LogP contribution >= 0.6 is 11.6 Å². The third-order valence-corrected chi connectivity index (χ3v) is 3.64. The van der Waals surface area contributed by atoms with Crippen LogP contribution in [-0.2, 0) is 19.9 Å². The van der Waals surface area contributed by atoms with Gasteiger partial charge in [0.2, 0.25) is 0 Å². The van der Waals surface area contributed by atoms with Crippen LogP contribution in [0.2, 0.25) is 5.02 Å². The third kappa shape index (κ3) is 1.46. The molecule has 2 aromatic rings. The minimum absolute atomic E-state index is 0.137. The lowest BCUT2D eigenvalue weighted by atomic mass is 9.89. The number of aromatic carboxylic acids is 1. The van der Waals surface area contributed by atoms with Crippen molar-refractivity contribution in [2.75, 3.05) is 0 Å². The summed E-state index contributed by atoms with van der Waals surface area (Å²) in [4.78, 5) is 11.2. The Balaban J connectivity index is 2.34. The first kappa shape index (κ1) is 11.3. The van der Waals surface area contributed by atoms with Crippen LogP contribution in [-0.4, -0.2) is 20.9 Å². The molecular weight excluding hydrogens is 252 g/mol. The molecule has 0 spiro atoms. The number of fused-ring (bicyclic) bond motifs is 3. The van der Waals surface area contributed by atoms with Crippen LogP contribution in [0, 0.1) is 0 Å². The summed E-state index contributed by atoms with van der Waals surface area (Å²) in [7, 11) is 1.75. The Morgan fingerprint density at radius 3 is 2.94 bits per heavy atom. The Hall–Kier alpha value is -1.81. The van der Waals surface area contributed by atoms with Gasteiger partial charge in [-0.15, -0.1) is 0 Å². The fourth-order valence-electron chi connectivity index (χ4n) is 2.59. The van der Waals surface area contributed by atoms with Gasteiger partial charge in [-0.05, 0) is 24.5 Å². The van der Waals surface area contributed by atoms with Crippen LogP contribution in [0.15, 0.2) is 18.2 Å². The largest absolute Gasteiger partial charge is 0.476 e. The lowest BCUT2D eigenvalue weighted by Crippen LogP contribution is -2.08. The molecule has 0 saturated heterocycles. The zero-order valence-corrected chi connectivity index (χ0v) is 10.5. The van der Waals surface area contributed by atoms with Crippen LogP contribution < -0.4 is 0 Å². The summed E-state index contributed by atoms with van der Waals surface area (Å²) in [5, 5.41) is 13.9. The first-order valence-electron chi connectivity index (χ1n) is 5.66. The van der Waals surface area contributed by atoms with Gasteiger partial charge in [0.25, 0.3) is 0 Å². The highest BCUT2D eigenvalue weighted by Crippen LogP contribution is 2.39. The van der Waals surface area contributed by atoms with Gasteiger partial charge in [0.1, 0.15) is 0 Å². The second kappa shape index (κ2) is 3.85. The number of halogens is 1. The van der Waals surface area contributed by atoms with Crippen LogP contribution in [0.4, 0.5) is 0 Å². The Kier molecular flexibility index (Phi) is 2.41. The first-order chi connectivity index (χ1) is 8.59. The molecule has 3 rings (SSSR count). The van der Waals surface area contributed by atoms with Crippen molar-refractivity contribution in [1.29, 1.82) is 0 Å². The quantitative estimate of drug-likeness (QED) is 0.859. The number of carboxylic acids is 1. The molecule has 0 bridgehead atoms. The van der Waals surface area contributed by atoms with Gasteiger partial charge in [-0.1, -0.05) is 23.7 Å². The molecule has 0 radical (unpaired) electrons. The molecule has 0 aliphatic heterocycles. The van der Waals surface area contributed by atoms with Gasteiger partial charge in [-0.2, -0.15) is 5.10 Å². The van der Waals surface area contributed by atoms with E-state index in [1.54, 1.807) is 11.7 Å². The van der Waals surface area contributed by atoms with Crippen molar-refractivity contribution in [3.8, 4) is 11.3 Å². The number of rotatable bonds is 1. The molecule has 1 aromatic carbocycles. The number of nitrogens with zero attached hydrogens (tertiary/aromatic N) is 2. The number of carbonyl (C=O) groups is 1. The van der Waals surface area contributed by atoms with Crippen molar-refractivity contribution in [3.05, 3.63) is 40.0 Å². The maximum atomic E-state index is 11.2. The number of aromatic nitrogens is 2. The predicted octanol–water partition coefficient (Wildman–Crippen LogP) is 2.54. The monoisotopic (exact) mass is 262 g/mol. The maximum absolute atomic E-state index is 11.2. The molecule has 1 aromatic heterocycles. The summed E-state index contributed by atoms with van der Waals surface area (Å²) in [5.74, 6) is -0.984. The van der Waals surface area contributed by atoms with E-state index >= 15 is 0 Å². The van der Waals surface area contributed by atoms with Crippen molar-refractivity contribution in [2.24, 2.45) is 7.05 Å². The highest BCUT2D eigenvalue weighted by molar-refractivity contribution is 6.33. The Morgan fingerprint density at radius 2 is 2.22 bits per heavy atom. The lowest BCUT2D eigenvalue weighted by molar-refractivity contribution is 0.0688. The molecule has 4 nitrogen and oxygen atoms in total. The highest BCUT2D eigenvalue weighted by Gasteiger charge is 2.28. The number of benzene rings is 1. The summed E-state index contributed by atoms with van der Waals surface area (Å²) in [5.41, 5.74) is 3.82. The van der Waals surface area contributed by atoms with E-state index in [1.165, 1.54) is 0 Å². The first-order valence-corrected chi connectivity index (χ1v) is 6.04. The molecular formula is C13H11ClN2O2. The van der Waals surface area contributed by atoms with E-state index in [0.29, 0.717) is 11.4 Å². The molecule has 92 valence electrons. The Morgan fingerprint density at radius 1 is 1.44 bits per heavy atom. The summed E-state index contributed by atoms with van der Waals surface area (Å²) in [6.45, 7) is 0. The second-order valence-electron chi connectivity index (χ2n) is 4.38. The fraction of sp³-hybridized carbons (Fsp3) is 0.231. The van der Waals surface area contributed by atoms with Crippen molar-refractivity contribution in [2.45, 2.75) is 12.8 Å². The van der Waals surface area contributed by atoms with Crippen LogP contribution in [0.25, 0.3) is 11.3 Å². The zero-order valence-electron chi connectivity index (χ0n) is 9.77. The molecule has 1 heterocycles. The minimum atomic E-state index is -0.984. The van der Waals surface area contributed by atoms with Gasteiger partial charge < -0.3 is 5.11 Å². The summed E-state index contributed by atoms with van der Waals surface area (Å²) in [6.07, 6.45) is 1.49. The molecule has 0 atom stereocenters. The van der Waals surface area contributed by atoms with Gasteiger partial charge in [-0.25, -0.2) is 4.79 Å². The third-order valence-electron chi connectivity index (χ3n) is 3.33. The normalized spacial score (nSPS) is 13.0. The topological polar surface area (TPSA) is 55.1 Å². The van der Waals surface area contributed by atoms with E-state index in [0.717, 1.165) is 28.8 Å². The Bertz CT molecular complexity index is 661. The van der Waals surface area contributed by atoms with E-state index in [1.807, 2.05) is 18.2 Å². The highest BCUT2D eigenvalue weighted by atomic mass is 35.5. The molecule has 18 heavy (non-hydrogen) atoms. The molecule has 1 N–H and O–H groups in total. The van der Waals surface area contributed by atoms with Crippen molar-refractivity contribution in [1.82, 2.24) is 9.78 Å². The van der Waals surface area contributed by atoms with Crippen LogP contribution in [0.3, 0.4) is 0 Å². The summed E-state index contributed by atoms with van der Waals surface area (Å²) < 4.78 is 1.61. The van der Waals surface area contributed by atoms with Crippen LogP contribution in [0.1, 0.15) is 21.6 Å². The summed E-state index contributed by atoms with van der Waals surface area (Å²) >= 11 is 6.24. The molecule has 5 heteroatoms. The molecule has 0 unspecified atom stereocenters. The van der Waals surface area contributed by atoms with E-state index in [9.17, 15) is 4.79 Å². The number of hydrogen-bond donors (Lipinski definition) is 1. The molecule has 0 fully saturated rings. The van der Waals surface area contributed by atoms with Crippen molar-refractivity contribution < 1.29 is 9.90 Å². The van der Waals surface area contributed by atoms with E-state index in [4.69, 9.17) is 16.7 Å². The zero-order chi connectivity index (χ0) is 12.9. The summed E-state index contributed by atoms with van der Waals surface area (Å²) in [6, 6.07) is 5.77. The van der Waals surface area contributed by atoms with Gasteiger partial charge in [0.05, 0.1) is 10.7 Å². The van der Waals surface area contributed by atoms with Crippen LogP contribution in [0.5, 0.6) is 0 Å². The predicted molar refractivity (Wildman–Crippen MR) is 68.0 cm³/mol. The lowest BCUT2D eigenvalue weighted by Gasteiger charge is -2.18. The van der Waals surface area contributed by atoms with Gasteiger partial charge in [0, 0.05) is 18.2 Å². The van der Waals surface area contributed by atoms with E-state index in [-0.39, 0.29) is 5.69 Å². The number of hydrogen-bond acceptors (Lipinski definition) is 2. The average Bonchev–Trinajstić information content (AvgIpc) is 2.67. The van der Waals surface area contributed by atoms with Gasteiger partial charge >= 0.3 is 5.97 Å². The fourth-order valence-corrected chi connectivity index (χ4v) is 2.87.